The molecule has 1 heterocycles. The van der Waals surface area contributed by atoms with Gasteiger partial charge in [0.1, 0.15) is 20.5 Å². The maximum atomic E-state index is 11.8. The van der Waals surface area contributed by atoms with Crippen LogP contribution in [0.1, 0.15) is 22.5 Å². The normalized spacial score (nSPS) is 15.2. The van der Waals surface area contributed by atoms with E-state index in [2.05, 4.69) is 15.6 Å². The van der Waals surface area contributed by atoms with Crippen LogP contribution in [-0.4, -0.2) is 43.9 Å². The van der Waals surface area contributed by atoms with Gasteiger partial charge < -0.3 is 16.4 Å². The number of nitrogen functional groups attached to an aromatic ring is 1. The minimum atomic E-state index is -3.09. The molecule has 7 nitrogen and oxygen atoms in total. The van der Waals surface area contributed by atoms with E-state index in [-0.39, 0.29) is 24.0 Å². The Morgan fingerprint density at radius 1 is 1.53 bits per heavy atom. The number of carbonyl (C=O) groups is 1. The number of hydrogen-bond donors (Lipinski definition) is 3. The lowest BCUT2D eigenvalue weighted by molar-refractivity contribution is 0.0961. The molecule has 0 aliphatic heterocycles. The van der Waals surface area contributed by atoms with Gasteiger partial charge in [-0.1, -0.05) is 11.3 Å². The van der Waals surface area contributed by atoms with Crippen LogP contribution in [0.3, 0.4) is 0 Å². The molecule has 1 amide bonds. The average Bonchev–Trinajstić information content (AvgIpc) is 2.99. The number of carbonyl (C=O) groups excluding carboxylic acids is 1. The fourth-order valence-electron chi connectivity index (χ4n) is 1.39. The van der Waals surface area contributed by atoms with E-state index in [4.69, 9.17) is 5.73 Å². The van der Waals surface area contributed by atoms with Gasteiger partial charge in [-0.2, -0.15) is 0 Å². The third-order valence-corrected chi connectivity index (χ3v) is 4.47. The van der Waals surface area contributed by atoms with Gasteiger partial charge in [0.2, 0.25) is 0 Å². The van der Waals surface area contributed by atoms with E-state index < -0.39 is 9.84 Å². The molecule has 1 aromatic rings. The largest absolute Gasteiger partial charge is 0.382 e. The molecular formula is C10H16N4O3S2. The first kappa shape index (κ1) is 14.1. The van der Waals surface area contributed by atoms with Gasteiger partial charge in [-0.15, -0.1) is 0 Å². The van der Waals surface area contributed by atoms with Crippen molar-refractivity contribution in [1.82, 2.24) is 10.3 Å². The third-order valence-electron chi connectivity index (χ3n) is 2.52. The maximum absolute atomic E-state index is 11.8. The van der Waals surface area contributed by atoms with Crippen molar-refractivity contribution in [3.63, 3.8) is 0 Å². The second-order valence-electron chi connectivity index (χ2n) is 4.54. The number of aromatic nitrogens is 1. The van der Waals surface area contributed by atoms with E-state index in [1.165, 1.54) is 11.3 Å². The Kier molecular flexibility index (Phi) is 3.95. The Hall–Kier alpha value is -1.35. The quantitative estimate of drug-likeness (QED) is 0.685. The topological polar surface area (TPSA) is 114 Å². The number of anilines is 2. The molecule has 1 aliphatic carbocycles. The first-order valence-electron chi connectivity index (χ1n) is 5.84. The first-order chi connectivity index (χ1) is 8.85. The van der Waals surface area contributed by atoms with Crippen LogP contribution in [0.5, 0.6) is 0 Å². The lowest BCUT2D eigenvalue weighted by atomic mass is 10.4. The van der Waals surface area contributed by atoms with Crippen molar-refractivity contribution in [1.29, 1.82) is 0 Å². The Balaban J connectivity index is 1.92. The molecule has 9 heteroatoms. The van der Waals surface area contributed by atoms with E-state index >= 15 is 0 Å². The van der Waals surface area contributed by atoms with E-state index in [0.717, 1.165) is 19.1 Å². The third kappa shape index (κ3) is 4.35. The van der Waals surface area contributed by atoms with Gasteiger partial charge in [-0.05, 0) is 12.8 Å². The summed E-state index contributed by atoms with van der Waals surface area (Å²) < 4.78 is 21.9. The maximum Gasteiger partial charge on any atom is 0.265 e. The number of sulfone groups is 1. The number of rotatable bonds is 6. The summed E-state index contributed by atoms with van der Waals surface area (Å²) in [6.07, 6.45) is 3.34. The van der Waals surface area contributed by atoms with Crippen LogP contribution < -0.4 is 16.4 Å². The van der Waals surface area contributed by atoms with Crippen molar-refractivity contribution < 1.29 is 13.2 Å². The summed E-state index contributed by atoms with van der Waals surface area (Å²) >= 11 is 1.19. The molecule has 4 N–H and O–H groups in total. The van der Waals surface area contributed by atoms with E-state index in [9.17, 15) is 13.2 Å². The zero-order valence-electron chi connectivity index (χ0n) is 10.5. The van der Waals surface area contributed by atoms with E-state index in [1.807, 2.05) is 0 Å². The number of nitrogens with zero attached hydrogens (tertiary/aromatic N) is 1. The van der Waals surface area contributed by atoms with Crippen molar-refractivity contribution in [2.75, 3.05) is 29.6 Å². The van der Waals surface area contributed by atoms with Gasteiger partial charge in [0.05, 0.1) is 5.75 Å². The first-order valence-corrected chi connectivity index (χ1v) is 8.71. The molecule has 2 rings (SSSR count). The van der Waals surface area contributed by atoms with Crippen LogP contribution in [0.25, 0.3) is 0 Å². The molecule has 106 valence electrons. The highest BCUT2D eigenvalue weighted by atomic mass is 32.2. The SMILES string of the molecule is CS(=O)(=O)CCNC(=O)c1sc(NC2CC2)nc1N. The van der Waals surface area contributed by atoms with Crippen molar-refractivity contribution in [3.05, 3.63) is 4.88 Å². The summed E-state index contributed by atoms with van der Waals surface area (Å²) in [6.45, 7) is 0.0698. The smallest absolute Gasteiger partial charge is 0.265 e. The Morgan fingerprint density at radius 2 is 2.21 bits per heavy atom. The number of nitrogens with two attached hydrogens (primary N) is 1. The standard InChI is InChI=1S/C10H16N4O3S2/c1-19(16,17)5-4-12-9(15)7-8(11)14-10(18-7)13-6-2-3-6/h6H,2-5,11H2,1H3,(H,12,15)(H,13,14). The molecule has 1 aromatic heterocycles. The predicted octanol–water partition coefficient (Wildman–Crippen LogP) is 0.0740. The second-order valence-corrected chi connectivity index (χ2v) is 7.80. The van der Waals surface area contributed by atoms with Gasteiger partial charge in [0.15, 0.2) is 5.13 Å². The summed E-state index contributed by atoms with van der Waals surface area (Å²) in [5.74, 6) is -0.308. The fourth-order valence-corrected chi connectivity index (χ4v) is 2.74. The Labute approximate surface area is 115 Å². The van der Waals surface area contributed by atoms with Gasteiger partial charge in [0.25, 0.3) is 5.91 Å². The Morgan fingerprint density at radius 3 is 2.79 bits per heavy atom. The lowest BCUT2D eigenvalue weighted by Crippen LogP contribution is -2.28. The van der Waals surface area contributed by atoms with Crippen molar-refractivity contribution in [2.24, 2.45) is 0 Å². The van der Waals surface area contributed by atoms with Crippen LogP contribution in [0.4, 0.5) is 10.9 Å². The number of amides is 1. The summed E-state index contributed by atoms with van der Waals surface area (Å²) in [5.41, 5.74) is 5.68. The van der Waals surface area contributed by atoms with E-state index in [0.29, 0.717) is 16.1 Å². The van der Waals surface area contributed by atoms with Crippen LogP contribution >= 0.6 is 11.3 Å². The fraction of sp³-hybridized carbons (Fsp3) is 0.600. The molecule has 19 heavy (non-hydrogen) atoms. The molecule has 0 bridgehead atoms. The minimum Gasteiger partial charge on any atom is -0.382 e. The van der Waals surface area contributed by atoms with Crippen LogP contribution in [0.2, 0.25) is 0 Å². The monoisotopic (exact) mass is 304 g/mol. The molecule has 1 fully saturated rings. The molecule has 0 spiro atoms. The zero-order valence-corrected chi connectivity index (χ0v) is 12.1. The molecule has 1 aliphatic rings. The molecule has 0 radical (unpaired) electrons. The number of nitrogens with one attached hydrogen (secondary N) is 2. The van der Waals surface area contributed by atoms with Crippen molar-refractivity contribution >= 4 is 38.0 Å². The average molecular weight is 304 g/mol. The highest BCUT2D eigenvalue weighted by Crippen LogP contribution is 2.30. The van der Waals surface area contributed by atoms with Crippen LogP contribution in [0.15, 0.2) is 0 Å². The molecule has 0 unspecified atom stereocenters. The molecule has 0 saturated heterocycles. The van der Waals surface area contributed by atoms with Crippen molar-refractivity contribution in [3.8, 4) is 0 Å². The van der Waals surface area contributed by atoms with Gasteiger partial charge >= 0.3 is 0 Å². The summed E-state index contributed by atoms with van der Waals surface area (Å²) in [4.78, 5) is 16.2. The number of hydrogen-bond acceptors (Lipinski definition) is 7. The lowest BCUT2D eigenvalue weighted by Gasteiger charge is -2.02. The molecule has 1 saturated carbocycles. The van der Waals surface area contributed by atoms with Crippen molar-refractivity contribution in [2.45, 2.75) is 18.9 Å². The van der Waals surface area contributed by atoms with Crippen LogP contribution in [0, 0.1) is 0 Å². The summed E-state index contributed by atoms with van der Waals surface area (Å²) in [7, 11) is -3.09. The molecule has 0 aromatic carbocycles. The summed E-state index contributed by atoms with van der Waals surface area (Å²) in [5, 5.41) is 6.32. The highest BCUT2D eigenvalue weighted by molar-refractivity contribution is 7.90. The highest BCUT2D eigenvalue weighted by Gasteiger charge is 2.24. The number of thiazole rings is 1. The van der Waals surface area contributed by atoms with Gasteiger partial charge in [-0.25, -0.2) is 13.4 Å². The van der Waals surface area contributed by atoms with Gasteiger partial charge in [-0.3, -0.25) is 4.79 Å². The van der Waals surface area contributed by atoms with Crippen LogP contribution in [-0.2, 0) is 9.84 Å². The zero-order chi connectivity index (χ0) is 14.0. The van der Waals surface area contributed by atoms with Gasteiger partial charge in [0, 0.05) is 18.8 Å². The Bertz CT molecular complexity index is 578. The predicted molar refractivity (Wildman–Crippen MR) is 75.2 cm³/mol. The second kappa shape index (κ2) is 5.33. The summed E-state index contributed by atoms with van der Waals surface area (Å²) in [6, 6.07) is 0.437. The molecular weight excluding hydrogens is 288 g/mol. The van der Waals surface area contributed by atoms with E-state index in [1.54, 1.807) is 0 Å². The minimum absolute atomic E-state index is 0.0698. The molecule has 0 atom stereocenters.